The van der Waals surface area contributed by atoms with E-state index in [1.54, 1.807) is 11.9 Å². The summed E-state index contributed by atoms with van der Waals surface area (Å²) in [7, 11) is 1.79. The summed E-state index contributed by atoms with van der Waals surface area (Å²) >= 11 is 0. The minimum absolute atomic E-state index is 0.218. The van der Waals surface area contributed by atoms with Gasteiger partial charge in [0.05, 0.1) is 6.54 Å². The molecule has 7 nitrogen and oxygen atoms in total. The smallest absolute Gasteiger partial charge is 0.410 e. The molecule has 3 heterocycles. The highest BCUT2D eigenvalue weighted by Gasteiger charge is 2.46. The van der Waals surface area contributed by atoms with Gasteiger partial charge in [0.1, 0.15) is 16.6 Å². The molecule has 2 aromatic rings. The lowest BCUT2D eigenvalue weighted by Crippen LogP contribution is -2.50. The molecule has 7 heteroatoms. The predicted molar refractivity (Wildman–Crippen MR) is 78.2 cm³/mol. The second-order valence-electron chi connectivity index (χ2n) is 6.27. The average molecular weight is 302 g/mol. The monoisotopic (exact) mass is 302 g/mol. The molecule has 1 atom stereocenters. The van der Waals surface area contributed by atoms with Crippen LogP contribution in [0.3, 0.4) is 0 Å². The molecule has 1 aromatic carbocycles. The zero-order valence-electron chi connectivity index (χ0n) is 12.5. The molecule has 2 aliphatic heterocycles. The van der Waals surface area contributed by atoms with E-state index in [1.807, 2.05) is 18.2 Å². The van der Waals surface area contributed by atoms with Crippen molar-refractivity contribution in [3.63, 3.8) is 0 Å². The van der Waals surface area contributed by atoms with Crippen molar-refractivity contribution in [2.24, 2.45) is 0 Å². The van der Waals surface area contributed by atoms with Gasteiger partial charge in [0.25, 0.3) is 0 Å². The fourth-order valence-corrected chi connectivity index (χ4v) is 3.56. The minimum atomic E-state index is -0.361. The molecule has 22 heavy (non-hydrogen) atoms. The Kier molecular flexibility index (Phi) is 3.04. The van der Waals surface area contributed by atoms with Crippen LogP contribution in [0.2, 0.25) is 0 Å². The molecule has 0 unspecified atom stereocenters. The minimum Gasteiger partial charge on any atom is -0.440 e. The van der Waals surface area contributed by atoms with Crippen LogP contribution in [0.25, 0.3) is 11.0 Å². The third-order valence-electron chi connectivity index (χ3n) is 4.52. The first-order valence-electron chi connectivity index (χ1n) is 7.52. The van der Waals surface area contributed by atoms with Crippen LogP contribution in [-0.4, -0.2) is 58.5 Å². The number of ether oxygens (including phenoxy) is 1. The maximum Gasteiger partial charge on any atom is 0.410 e. The fourth-order valence-electron chi connectivity index (χ4n) is 3.56. The highest BCUT2D eigenvalue weighted by Crippen LogP contribution is 2.32. The van der Waals surface area contributed by atoms with E-state index < -0.39 is 0 Å². The standard InChI is InChI=1S/C15H18N4O3/c1-18-9-15(21-14(18)20)6-3-7-19(10-15)8-11-4-2-5-12-13(11)17-22-16-12/h2,4-5H,3,6-10H2,1H3/t15-/m1/s1. The average Bonchev–Trinajstić information content (AvgIpc) is 3.05. The number of nitrogens with zero attached hydrogens (tertiary/aromatic N) is 4. The Bertz CT molecular complexity index is 716. The molecule has 2 saturated heterocycles. The third kappa shape index (κ3) is 2.21. The normalized spacial score (nSPS) is 26.0. The Morgan fingerprint density at radius 3 is 3.05 bits per heavy atom. The summed E-state index contributed by atoms with van der Waals surface area (Å²) in [4.78, 5) is 15.7. The largest absolute Gasteiger partial charge is 0.440 e. The molecule has 0 radical (unpaired) electrons. The van der Waals surface area contributed by atoms with E-state index >= 15 is 0 Å². The Morgan fingerprint density at radius 2 is 2.23 bits per heavy atom. The van der Waals surface area contributed by atoms with Gasteiger partial charge < -0.3 is 9.64 Å². The molecule has 0 bridgehead atoms. The summed E-state index contributed by atoms with van der Waals surface area (Å²) in [5.41, 5.74) is 2.31. The van der Waals surface area contributed by atoms with Gasteiger partial charge in [-0.2, -0.15) is 0 Å². The fraction of sp³-hybridized carbons (Fsp3) is 0.533. The number of benzene rings is 1. The maximum absolute atomic E-state index is 11.7. The van der Waals surface area contributed by atoms with E-state index in [0.29, 0.717) is 6.54 Å². The number of amides is 1. The first kappa shape index (κ1) is 13.5. The lowest BCUT2D eigenvalue weighted by molar-refractivity contribution is -0.0112. The molecule has 2 fully saturated rings. The van der Waals surface area contributed by atoms with Crippen molar-refractivity contribution in [2.45, 2.75) is 25.0 Å². The van der Waals surface area contributed by atoms with E-state index in [2.05, 4.69) is 15.2 Å². The summed E-state index contributed by atoms with van der Waals surface area (Å²) in [5.74, 6) is 0. The molecule has 1 amide bonds. The van der Waals surface area contributed by atoms with E-state index in [-0.39, 0.29) is 11.7 Å². The number of likely N-dealkylation sites (tertiary alicyclic amines) is 1. The van der Waals surface area contributed by atoms with Crippen molar-refractivity contribution in [2.75, 3.05) is 26.7 Å². The third-order valence-corrected chi connectivity index (χ3v) is 4.52. The van der Waals surface area contributed by atoms with Crippen LogP contribution < -0.4 is 0 Å². The predicted octanol–water partition coefficient (Wildman–Crippen LogP) is 1.64. The molecule has 0 saturated carbocycles. The zero-order valence-corrected chi connectivity index (χ0v) is 12.5. The highest BCUT2D eigenvalue weighted by molar-refractivity contribution is 5.76. The van der Waals surface area contributed by atoms with Crippen LogP contribution in [-0.2, 0) is 11.3 Å². The lowest BCUT2D eigenvalue weighted by Gasteiger charge is -2.38. The Hall–Kier alpha value is -2.15. The Balaban J connectivity index is 1.54. The van der Waals surface area contributed by atoms with Crippen LogP contribution >= 0.6 is 0 Å². The second-order valence-corrected chi connectivity index (χ2v) is 6.27. The zero-order chi connectivity index (χ0) is 15.2. The number of carbonyl (C=O) groups is 1. The molecule has 0 aliphatic carbocycles. The van der Waals surface area contributed by atoms with Gasteiger partial charge in [0, 0.05) is 20.1 Å². The van der Waals surface area contributed by atoms with Crippen molar-refractivity contribution in [1.82, 2.24) is 20.1 Å². The number of piperidine rings is 1. The van der Waals surface area contributed by atoms with E-state index in [0.717, 1.165) is 49.1 Å². The molecular weight excluding hydrogens is 284 g/mol. The first-order valence-corrected chi connectivity index (χ1v) is 7.52. The van der Waals surface area contributed by atoms with Crippen molar-refractivity contribution in [3.05, 3.63) is 23.8 Å². The number of rotatable bonds is 2. The number of hydrogen-bond donors (Lipinski definition) is 0. The maximum atomic E-state index is 11.7. The molecule has 4 rings (SSSR count). The Labute approximate surface area is 127 Å². The molecule has 2 aliphatic rings. The van der Waals surface area contributed by atoms with E-state index in [9.17, 15) is 4.79 Å². The van der Waals surface area contributed by atoms with Crippen molar-refractivity contribution >= 4 is 17.1 Å². The van der Waals surface area contributed by atoms with Gasteiger partial charge in [0.2, 0.25) is 0 Å². The molecular formula is C15H18N4O3. The topological polar surface area (TPSA) is 71.7 Å². The summed E-state index contributed by atoms with van der Waals surface area (Å²) in [6, 6.07) is 5.90. The van der Waals surface area contributed by atoms with Crippen molar-refractivity contribution in [3.8, 4) is 0 Å². The number of fused-ring (bicyclic) bond motifs is 1. The van der Waals surface area contributed by atoms with Crippen LogP contribution in [0.5, 0.6) is 0 Å². The van der Waals surface area contributed by atoms with Gasteiger partial charge in [-0.05, 0) is 41.3 Å². The number of carbonyl (C=O) groups excluding carboxylic acids is 1. The lowest BCUT2D eigenvalue weighted by atomic mass is 9.92. The highest BCUT2D eigenvalue weighted by atomic mass is 16.6. The summed E-state index contributed by atoms with van der Waals surface area (Å²) in [5, 5.41) is 7.87. The SMILES string of the molecule is CN1C[C@@]2(CCCN(Cc3cccc4nonc34)C2)OC1=O. The summed E-state index contributed by atoms with van der Waals surface area (Å²) < 4.78 is 10.5. The first-order chi connectivity index (χ1) is 10.7. The van der Waals surface area contributed by atoms with Crippen LogP contribution in [0, 0.1) is 0 Å². The van der Waals surface area contributed by atoms with Gasteiger partial charge >= 0.3 is 6.09 Å². The molecule has 0 N–H and O–H groups in total. The van der Waals surface area contributed by atoms with Gasteiger partial charge in [-0.25, -0.2) is 9.42 Å². The van der Waals surface area contributed by atoms with Gasteiger partial charge in [0.15, 0.2) is 0 Å². The van der Waals surface area contributed by atoms with Crippen LogP contribution in [0.4, 0.5) is 4.79 Å². The van der Waals surface area contributed by atoms with Gasteiger partial charge in [-0.15, -0.1) is 0 Å². The van der Waals surface area contributed by atoms with Gasteiger partial charge in [-0.1, -0.05) is 12.1 Å². The second kappa shape index (κ2) is 4.95. The molecule has 116 valence electrons. The quantitative estimate of drug-likeness (QED) is 0.840. The molecule has 1 aromatic heterocycles. The van der Waals surface area contributed by atoms with Crippen molar-refractivity contribution in [1.29, 1.82) is 0 Å². The van der Waals surface area contributed by atoms with E-state index in [4.69, 9.17) is 9.37 Å². The van der Waals surface area contributed by atoms with Crippen LogP contribution in [0.15, 0.2) is 22.8 Å². The number of hydrogen-bond acceptors (Lipinski definition) is 6. The van der Waals surface area contributed by atoms with Gasteiger partial charge in [-0.3, -0.25) is 4.90 Å². The van der Waals surface area contributed by atoms with Crippen molar-refractivity contribution < 1.29 is 14.2 Å². The number of aromatic nitrogens is 2. The Morgan fingerprint density at radius 1 is 1.32 bits per heavy atom. The summed E-state index contributed by atoms with van der Waals surface area (Å²) in [6.07, 6.45) is 1.73. The summed E-state index contributed by atoms with van der Waals surface area (Å²) in [6.45, 7) is 3.17. The molecule has 1 spiro atoms. The van der Waals surface area contributed by atoms with Crippen LogP contribution in [0.1, 0.15) is 18.4 Å². The number of likely N-dealkylation sites (N-methyl/N-ethyl adjacent to an activating group) is 1. The van der Waals surface area contributed by atoms with E-state index in [1.165, 1.54) is 0 Å².